The molecule has 1 atom stereocenters. The van der Waals surface area contributed by atoms with Crippen LogP contribution in [0.3, 0.4) is 0 Å². The molecule has 0 saturated carbocycles. The van der Waals surface area contributed by atoms with Crippen molar-refractivity contribution < 1.29 is 19.5 Å². The molecule has 10 heteroatoms. The predicted octanol–water partition coefficient (Wildman–Crippen LogP) is 4.78. The summed E-state index contributed by atoms with van der Waals surface area (Å²) in [5.74, 6) is -1.11. The zero-order valence-corrected chi connectivity index (χ0v) is 24.6. The number of fused-ring (bicyclic) bond motifs is 5. The van der Waals surface area contributed by atoms with Crippen LogP contribution < -0.4 is 15.5 Å². The fraction of sp³-hybridized carbons (Fsp3) is 0.469. The third-order valence-corrected chi connectivity index (χ3v) is 7.76. The molecule has 4 rings (SSSR count). The molecule has 0 bridgehead atoms. The van der Waals surface area contributed by atoms with Crippen LogP contribution in [0.5, 0.6) is 0 Å². The van der Waals surface area contributed by atoms with Crippen LogP contribution in [0.2, 0.25) is 0 Å². The van der Waals surface area contributed by atoms with Crippen molar-refractivity contribution in [1.82, 2.24) is 25.6 Å². The van der Waals surface area contributed by atoms with Gasteiger partial charge in [-0.05, 0) is 37.9 Å². The number of aromatic nitrogens is 3. The van der Waals surface area contributed by atoms with E-state index in [9.17, 15) is 19.5 Å². The molecule has 3 aromatic rings. The molecule has 1 aromatic heterocycles. The molecule has 2 amide bonds. The van der Waals surface area contributed by atoms with Gasteiger partial charge in [0.15, 0.2) is 0 Å². The number of nitrogens with one attached hydrogen (secondary N) is 2. The van der Waals surface area contributed by atoms with Gasteiger partial charge in [0.1, 0.15) is 11.7 Å². The molecule has 2 aromatic carbocycles. The first-order valence-corrected chi connectivity index (χ1v) is 15.0. The second kappa shape index (κ2) is 15.3. The summed E-state index contributed by atoms with van der Waals surface area (Å²) < 4.78 is 1.84. The largest absolute Gasteiger partial charge is 0.480 e. The van der Waals surface area contributed by atoms with E-state index < -0.39 is 12.0 Å². The van der Waals surface area contributed by atoms with Gasteiger partial charge in [0.2, 0.25) is 11.8 Å². The Morgan fingerprint density at radius 1 is 0.952 bits per heavy atom. The summed E-state index contributed by atoms with van der Waals surface area (Å²) >= 11 is 0. The molecule has 0 aliphatic carbocycles. The highest BCUT2D eigenvalue weighted by atomic mass is 16.4. The van der Waals surface area contributed by atoms with Gasteiger partial charge >= 0.3 is 5.97 Å². The number of likely N-dealkylation sites (N-methyl/N-ethyl adjacent to an activating group) is 1. The molecule has 10 nitrogen and oxygen atoms in total. The Hall–Kier alpha value is -4.05. The van der Waals surface area contributed by atoms with Crippen molar-refractivity contribution in [3.63, 3.8) is 0 Å². The van der Waals surface area contributed by atoms with Crippen molar-refractivity contribution >= 4 is 23.5 Å². The van der Waals surface area contributed by atoms with Crippen LogP contribution in [0.4, 0.5) is 5.69 Å². The van der Waals surface area contributed by atoms with Gasteiger partial charge in [-0.25, -0.2) is 4.68 Å². The lowest BCUT2D eigenvalue weighted by atomic mass is 9.95. The number of carboxylic acids is 1. The lowest BCUT2D eigenvalue weighted by molar-refractivity contribution is -0.139. The van der Waals surface area contributed by atoms with E-state index >= 15 is 0 Å². The Labute approximate surface area is 247 Å². The number of nitrogens with zero attached hydrogens (tertiary/aromatic N) is 4. The van der Waals surface area contributed by atoms with Crippen LogP contribution in [-0.2, 0) is 27.5 Å². The summed E-state index contributed by atoms with van der Waals surface area (Å²) in [6, 6.07) is 14.9. The third-order valence-electron chi connectivity index (χ3n) is 7.76. The third kappa shape index (κ3) is 7.61. The van der Waals surface area contributed by atoms with Crippen molar-refractivity contribution in [2.75, 3.05) is 18.5 Å². The number of carbonyl (C=O) groups is 3. The van der Waals surface area contributed by atoms with Crippen LogP contribution in [-0.4, -0.2) is 57.5 Å². The van der Waals surface area contributed by atoms with Crippen LogP contribution in [0.25, 0.3) is 22.5 Å². The molecule has 0 radical (unpaired) electrons. The quantitative estimate of drug-likeness (QED) is 0.223. The number of aryl methyl sites for hydroxylation is 1. The lowest BCUT2D eigenvalue weighted by Crippen LogP contribution is -2.34. The average Bonchev–Trinajstić information content (AvgIpc) is 3.40. The minimum atomic E-state index is -0.879. The summed E-state index contributed by atoms with van der Waals surface area (Å²) in [5, 5.41) is 24.2. The van der Waals surface area contributed by atoms with Crippen LogP contribution in [0, 0.1) is 0 Å². The minimum Gasteiger partial charge on any atom is -0.480 e. The summed E-state index contributed by atoms with van der Waals surface area (Å²) in [6.45, 7) is 3.66. The molecule has 2 heterocycles. The molecule has 3 N–H and O–H groups in total. The SMILES string of the molecule is CCCCCCCNC(=O)CCC(=O)N1Cc2ccccc2-c2c(nnn2CCCC(NC)C(=O)O)-c2ccccc21. The van der Waals surface area contributed by atoms with Crippen LogP contribution >= 0.6 is 0 Å². The molecular weight excluding hydrogens is 532 g/mol. The number of unbranched alkanes of at least 4 members (excludes halogenated alkanes) is 4. The number of benzene rings is 2. The van der Waals surface area contributed by atoms with E-state index in [1.807, 2.05) is 53.2 Å². The standard InChI is InChI=1S/C32H42N6O4/c1-3-4-5-6-11-20-34-28(39)18-19-29(40)37-22-23-13-7-8-14-24(23)31-30(25-15-9-10-17-27(25)37)35-36-38(31)21-12-16-26(33-2)32(41)42/h7-10,13-15,17,26,33H,3-6,11-12,16,18-22H2,1-2H3,(H,34,39)(H,41,42). The molecule has 0 fully saturated rings. The number of hydrogen-bond acceptors (Lipinski definition) is 6. The molecule has 0 spiro atoms. The van der Waals surface area contributed by atoms with Gasteiger partial charge < -0.3 is 20.6 Å². The number of anilines is 1. The first-order chi connectivity index (χ1) is 20.4. The summed E-state index contributed by atoms with van der Waals surface area (Å²) in [4.78, 5) is 39.3. The Morgan fingerprint density at radius 2 is 1.69 bits per heavy atom. The van der Waals surface area contributed by atoms with Gasteiger partial charge in [0.25, 0.3) is 0 Å². The number of rotatable bonds is 15. The summed E-state index contributed by atoms with van der Waals surface area (Å²) in [7, 11) is 1.64. The fourth-order valence-corrected chi connectivity index (χ4v) is 5.43. The highest BCUT2D eigenvalue weighted by molar-refractivity contribution is 6.01. The number of carboxylic acid groups (broad SMARTS) is 1. The molecule has 42 heavy (non-hydrogen) atoms. The highest BCUT2D eigenvalue weighted by Gasteiger charge is 2.29. The van der Waals surface area contributed by atoms with Gasteiger partial charge in [-0.2, -0.15) is 0 Å². The Balaban J connectivity index is 1.54. The normalized spacial score (nSPS) is 12.9. The van der Waals surface area contributed by atoms with Gasteiger partial charge in [0, 0.05) is 37.1 Å². The fourth-order valence-electron chi connectivity index (χ4n) is 5.43. The van der Waals surface area contributed by atoms with Gasteiger partial charge in [-0.1, -0.05) is 80.3 Å². The van der Waals surface area contributed by atoms with E-state index in [0.717, 1.165) is 40.9 Å². The van der Waals surface area contributed by atoms with Gasteiger partial charge in [-0.3, -0.25) is 14.4 Å². The maximum atomic E-state index is 13.6. The van der Waals surface area contributed by atoms with Crippen molar-refractivity contribution in [1.29, 1.82) is 0 Å². The topological polar surface area (TPSA) is 129 Å². The maximum Gasteiger partial charge on any atom is 0.320 e. The molecule has 1 unspecified atom stereocenters. The van der Waals surface area contributed by atoms with E-state index in [4.69, 9.17) is 0 Å². The molecular formula is C32H42N6O4. The summed E-state index contributed by atoms with van der Waals surface area (Å²) in [5.41, 5.74) is 4.90. The molecule has 1 aliphatic rings. The second-order valence-electron chi connectivity index (χ2n) is 10.7. The maximum absolute atomic E-state index is 13.6. The van der Waals surface area contributed by atoms with E-state index in [1.54, 1.807) is 11.9 Å². The average molecular weight is 575 g/mol. The van der Waals surface area contributed by atoms with Crippen molar-refractivity contribution in [3.8, 4) is 22.5 Å². The monoisotopic (exact) mass is 574 g/mol. The van der Waals surface area contributed by atoms with Crippen molar-refractivity contribution in [2.45, 2.75) is 83.8 Å². The van der Waals surface area contributed by atoms with E-state index in [1.165, 1.54) is 19.3 Å². The Bertz CT molecular complexity index is 1370. The van der Waals surface area contributed by atoms with Crippen LogP contribution in [0.1, 0.15) is 70.3 Å². The molecule has 1 aliphatic heterocycles. The lowest BCUT2D eigenvalue weighted by Gasteiger charge is -2.28. The van der Waals surface area contributed by atoms with Crippen molar-refractivity contribution in [2.24, 2.45) is 0 Å². The number of hydrogen-bond donors (Lipinski definition) is 3. The second-order valence-corrected chi connectivity index (χ2v) is 10.7. The highest BCUT2D eigenvalue weighted by Crippen LogP contribution is 2.41. The molecule has 224 valence electrons. The molecule has 0 saturated heterocycles. The van der Waals surface area contributed by atoms with Gasteiger partial charge in [0.05, 0.1) is 17.9 Å². The van der Waals surface area contributed by atoms with Crippen molar-refractivity contribution in [3.05, 3.63) is 54.1 Å². The first-order valence-electron chi connectivity index (χ1n) is 15.0. The van der Waals surface area contributed by atoms with E-state index in [-0.39, 0.29) is 24.7 Å². The Kier molecular flexibility index (Phi) is 11.2. The smallest absolute Gasteiger partial charge is 0.320 e. The van der Waals surface area contributed by atoms with Gasteiger partial charge in [-0.15, -0.1) is 5.10 Å². The Morgan fingerprint density at radius 3 is 2.45 bits per heavy atom. The first kappa shape index (κ1) is 30.9. The van der Waals surface area contributed by atoms with E-state index in [2.05, 4.69) is 27.9 Å². The zero-order valence-electron chi connectivity index (χ0n) is 24.6. The van der Waals surface area contributed by atoms with E-state index in [0.29, 0.717) is 38.2 Å². The van der Waals surface area contributed by atoms with Crippen LogP contribution in [0.15, 0.2) is 48.5 Å². The number of amides is 2. The summed E-state index contributed by atoms with van der Waals surface area (Å²) in [6.07, 6.45) is 6.92. The number of aliphatic carboxylic acids is 1. The predicted molar refractivity (Wildman–Crippen MR) is 163 cm³/mol. The zero-order chi connectivity index (χ0) is 29.9. The number of para-hydroxylation sites is 1. The number of carbonyl (C=O) groups excluding carboxylic acids is 2. The minimum absolute atomic E-state index is 0.104.